The van der Waals surface area contributed by atoms with Crippen molar-refractivity contribution in [2.75, 3.05) is 19.8 Å². The van der Waals surface area contributed by atoms with Crippen LogP contribution in [-0.2, 0) is 42.7 Å². The van der Waals surface area contributed by atoms with E-state index >= 15 is 0 Å². The smallest absolute Gasteiger partial charge is 0.332 e. The van der Waals surface area contributed by atoms with Crippen molar-refractivity contribution in [1.29, 1.82) is 0 Å². The van der Waals surface area contributed by atoms with E-state index in [2.05, 4.69) is 6.92 Å². The Labute approximate surface area is 376 Å². The molecule has 3 rings (SSSR count). The minimum Gasteiger partial charge on any atom is -0.479 e. The minimum absolute atomic E-state index is 0.294. The lowest BCUT2D eigenvalue weighted by molar-refractivity contribution is -0.380. The van der Waals surface area contributed by atoms with Crippen LogP contribution in [0.5, 0.6) is 0 Å². The summed E-state index contributed by atoms with van der Waals surface area (Å²) in [5.74, 6) is -1.87. The molecule has 13 unspecified atom stereocenters. The van der Waals surface area contributed by atoms with Crippen molar-refractivity contribution in [2.45, 2.75) is 247 Å². The summed E-state index contributed by atoms with van der Waals surface area (Å²) in [6.45, 7) is 1.93. The van der Waals surface area contributed by atoms with Crippen LogP contribution in [0.4, 0.5) is 0 Å². The van der Waals surface area contributed by atoms with Crippen LogP contribution >= 0.6 is 0 Å². The van der Waals surface area contributed by atoms with Crippen LogP contribution in [0.2, 0.25) is 0 Å². The van der Waals surface area contributed by atoms with Crippen LogP contribution in [0.15, 0.2) is 0 Å². The van der Waals surface area contributed by atoms with Gasteiger partial charge in [0, 0.05) is 6.92 Å². The predicted molar refractivity (Wildman–Crippen MR) is 225 cm³/mol. The Balaban J connectivity index is 1.49. The Bertz CT molecular complexity index is 1270. The van der Waals surface area contributed by atoms with Gasteiger partial charge in [-0.25, -0.2) is 4.79 Å². The summed E-state index contributed by atoms with van der Waals surface area (Å²) in [5, 5.41) is 114. The maximum atomic E-state index is 11.4. The van der Waals surface area contributed by atoms with Gasteiger partial charge in [0.1, 0.15) is 67.6 Å². The summed E-state index contributed by atoms with van der Waals surface area (Å²) in [6.07, 6.45) is -7.88. The highest BCUT2D eigenvalue weighted by atomic mass is 16.8. The molecule has 17 atom stereocenters. The summed E-state index contributed by atoms with van der Waals surface area (Å²) in [7, 11) is 0. The minimum atomic E-state index is -1.88. The molecule has 11 N–H and O–H groups in total. The highest BCUT2D eigenvalue weighted by Crippen LogP contribution is 2.32. The molecule has 0 aliphatic carbocycles. The number of aliphatic carboxylic acids is 1. The Morgan fingerprint density at radius 1 is 0.562 bits per heavy atom. The van der Waals surface area contributed by atoms with Gasteiger partial charge in [-0.05, 0) is 38.5 Å². The fourth-order valence-electron chi connectivity index (χ4n) is 8.17. The SMILES string of the molecule is CCCCC[C@H](CCC[C@H](O)[C@H](O)CCCCCCCCCCCCC[C@H](O)C(=O)O)OC1OCC(O)C(O)C1OC1OCC(O)C(O)C1OC1OC(COC(C)=O)C(O)C(O)C1O. The number of ether oxygens (including phenoxy) is 7. The lowest BCUT2D eigenvalue weighted by atomic mass is 9.98. The molecule has 0 spiro atoms. The lowest BCUT2D eigenvalue weighted by Crippen LogP contribution is -2.64. The van der Waals surface area contributed by atoms with E-state index in [9.17, 15) is 60.7 Å². The molecule has 20 nitrogen and oxygen atoms in total. The highest BCUT2D eigenvalue weighted by molar-refractivity contribution is 5.71. The molecule has 3 aliphatic heterocycles. The van der Waals surface area contributed by atoms with Gasteiger partial charge in [0.2, 0.25) is 0 Å². The second-order valence-electron chi connectivity index (χ2n) is 17.7. The van der Waals surface area contributed by atoms with E-state index in [-0.39, 0.29) is 6.61 Å². The standard InChI is InChI=1S/C44H80O20/c1-3-4-14-18-27(19-17-22-29(47)28(46)20-15-12-10-8-6-5-7-9-11-13-16-21-30(48)41(56)57)61-43-39(34(51)31(49)23-59-43)64-44-40(35(52)32(50)24-60-44)63-42-38(55)37(54)36(53)33(62-42)25-58-26(2)45/h27-40,42-44,46-55H,3-25H2,1-2H3,(H,56,57)/t27-,28-,29+,30+,31?,32?,33?,34?,35?,36?,37?,38?,39?,40?,42?,43?,44?/m1/s1. The van der Waals surface area contributed by atoms with Gasteiger partial charge >= 0.3 is 11.9 Å². The fourth-order valence-corrected chi connectivity index (χ4v) is 8.17. The van der Waals surface area contributed by atoms with E-state index < -0.39 is 129 Å². The average Bonchev–Trinajstić information content (AvgIpc) is 3.26. The number of hydrogen-bond acceptors (Lipinski definition) is 19. The number of unbranched alkanes of at least 4 members (excludes halogenated alkanes) is 12. The maximum absolute atomic E-state index is 11.4. The third kappa shape index (κ3) is 19.5. The first kappa shape index (κ1) is 56.6. The number of aliphatic hydroxyl groups is 10. The molecule has 64 heavy (non-hydrogen) atoms. The largest absolute Gasteiger partial charge is 0.479 e. The zero-order valence-corrected chi connectivity index (χ0v) is 37.7. The van der Waals surface area contributed by atoms with Crippen LogP contribution in [0.3, 0.4) is 0 Å². The Hall–Kier alpha value is -1.70. The average molecular weight is 929 g/mol. The molecule has 3 fully saturated rings. The Kier molecular flexibility index (Phi) is 27.1. The quantitative estimate of drug-likeness (QED) is 0.0326. The van der Waals surface area contributed by atoms with Gasteiger partial charge in [-0.15, -0.1) is 0 Å². The second kappa shape index (κ2) is 30.6. The topological polar surface area (TPSA) is 321 Å². The molecule has 0 aromatic heterocycles. The molecule has 0 saturated carbocycles. The molecular weight excluding hydrogens is 848 g/mol. The van der Waals surface area contributed by atoms with Gasteiger partial charge in [-0.3, -0.25) is 4.79 Å². The van der Waals surface area contributed by atoms with Gasteiger partial charge < -0.3 is 89.3 Å². The second-order valence-corrected chi connectivity index (χ2v) is 17.7. The van der Waals surface area contributed by atoms with Gasteiger partial charge in [-0.1, -0.05) is 96.8 Å². The highest BCUT2D eigenvalue weighted by Gasteiger charge is 2.51. The predicted octanol–water partition coefficient (Wildman–Crippen LogP) is 0.658. The fraction of sp³-hybridized carbons (Fsp3) is 0.955. The first-order valence-electron chi connectivity index (χ1n) is 23.6. The number of carbonyl (C=O) groups is 2. The molecule has 20 heteroatoms. The van der Waals surface area contributed by atoms with Crippen LogP contribution in [-0.4, -0.2) is 192 Å². The summed E-state index contributed by atoms with van der Waals surface area (Å²) in [5.41, 5.74) is 0. The van der Waals surface area contributed by atoms with E-state index in [1.165, 1.54) is 0 Å². The number of carboxylic acid groups (broad SMARTS) is 1. The van der Waals surface area contributed by atoms with E-state index in [0.717, 1.165) is 90.4 Å². The number of hydrogen-bond donors (Lipinski definition) is 11. The van der Waals surface area contributed by atoms with Crippen molar-refractivity contribution < 1.29 is 98.9 Å². The summed E-state index contributed by atoms with van der Waals surface area (Å²) >= 11 is 0. The molecule has 0 aromatic rings. The molecule has 3 aliphatic rings. The van der Waals surface area contributed by atoms with Crippen molar-refractivity contribution in [3.8, 4) is 0 Å². The van der Waals surface area contributed by atoms with Gasteiger partial charge in [0.15, 0.2) is 25.0 Å². The van der Waals surface area contributed by atoms with Crippen LogP contribution < -0.4 is 0 Å². The lowest BCUT2D eigenvalue weighted by Gasteiger charge is -2.46. The first-order chi connectivity index (χ1) is 30.5. The molecule has 0 bridgehead atoms. The van der Waals surface area contributed by atoms with E-state index in [1.807, 2.05) is 0 Å². The molecule has 376 valence electrons. The molecule has 0 radical (unpaired) electrons. The molecule has 0 amide bonds. The van der Waals surface area contributed by atoms with Gasteiger partial charge in [0.25, 0.3) is 0 Å². The van der Waals surface area contributed by atoms with Crippen LogP contribution in [0.25, 0.3) is 0 Å². The number of aliphatic hydroxyl groups excluding tert-OH is 10. The van der Waals surface area contributed by atoms with Crippen molar-refractivity contribution in [3.05, 3.63) is 0 Å². The molecular formula is C44H80O20. The summed E-state index contributed by atoms with van der Waals surface area (Å²) < 4.78 is 40.3. The Morgan fingerprint density at radius 2 is 1.03 bits per heavy atom. The van der Waals surface area contributed by atoms with Crippen molar-refractivity contribution >= 4 is 11.9 Å². The molecule has 3 saturated heterocycles. The molecule has 3 heterocycles. The Morgan fingerprint density at radius 3 is 1.58 bits per heavy atom. The zero-order valence-electron chi connectivity index (χ0n) is 37.7. The van der Waals surface area contributed by atoms with Crippen molar-refractivity contribution in [3.63, 3.8) is 0 Å². The van der Waals surface area contributed by atoms with E-state index in [4.69, 9.17) is 38.3 Å². The van der Waals surface area contributed by atoms with Crippen molar-refractivity contribution in [2.24, 2.45) is 0 Å². The zero-order chi connectivity index (χ0) is 47.2. The third-order valence-corrected chi connectivity index (χ3v) is 12.3. The number of carbonyl (C=O) groups excluding carboxylic acids is 1. The summed E-state index contributed by atoms with van der Waals surface area (Å²) in [6, 6.07) is 0. The number of esters is 1. The van der Waals surface area contributed by atoms with Gasteiger partial charge in [-0.2, -0.15) is 0 Å². The third-order valence-electron chi connectivity index (χ3n) is 12.3. The first-order valence-corrected chi connectivity index (χ1v) is 23.6. The maximum Gasteiger partial charge on any atom is 0.332 e. The number of rotatable bonds is 32. The summed E-state index contributed by atoms with van der Waals surface area (Å²) in [4.78, 5) is 22.1. The molecule has 0 aromatic carbocycles. The van der Waals surface area contributed by atoms with Crippen molar-refractivity contribution in [1.82, 2.24) is 0 Å². The van der Waals surface area contributed by atoms with Gasteiger partial charge in [0.05, 0.1) is 31.5 Å². The van der Waals surface area contributed by atoms with E-state index in [1.54, 1.807) is 0 Å². The normalized spacial score (nSPS) is 33.0. The van der Waals surface area contributed by atoms with Crippen LogP contribution in [0.1, 0.15) is 142 Å². The van der Waals surface area contributed by atoms with Crippen LogP contribution in [0, 0.1) is 0 Å². The number of carboxylic acids is 1. The monoisotopic (exact) mass is 929 g/mol. The van der Waals surface area contributed by atoms with E-state index in [0.29, 0.717) is 44.9 Å².